The van der Waals surface area contributed by atoms with Gasteiger partial charge in [0.25, 0.3) is 0 Å². The lowest BCUT2D eigenvalue weighted by Crippen LogP contribution is -2.30. The van der Waals surface area contributed by atoms with Gasteiger partial charge in [-0.2, -0.15) is 0 Å². The first-order valence-corrected chi connectivity index (χ1v) is 8.65. The minimum absolute atomic E-state index is 0.0141. The minimum atomic E-state index is -3.69. The van der Waals surface area contributed by atoms with Crippen LogP contribution < -0.4 is 15.8 Å². The van der Waals surface area contributed by atoms with Crippen molar-refractivity contribution in [2.24, 2.45) is 5.73 Å². The van der Waals surface area contributed by atoms with Crippen molar-refractivity contribution in [3.05, 3.63) is 39.9 Å². The summed E-state index contributed by atoms with van der Waals surface area (Å²) in [5, 5.41) is 3.16. The summed E-state index contributed by atoms with van der Waals surface area (Å²) in [4.78, 5) is 11.2. The number of halogens is 1. The van der Waals surface area contributed by atoms with Crippen molar-refractivity contribution in [1.82, 2.24) is 10.0 Å². The molecule has 0 unspecified atom stereocenters. The fourth-order valence-electron chi connectivity index (χ4n) is 1.96. The molecule has 1 aromatic rings. The van der Waals surface area contributed by atoms with Crippen molar-refractivity contribution in [2.75, 3.05) is 19.6 Å². The number of sulfonamides is 1. The maximum Gasteiger partial charge on any atom is 0.248 e. The fourth-order valence-corrected chi connectivity index (χ4v) is 3.71. The zero-order valence-electron chi connectivity index (χ0n) is 11.2. The van der Waals surface area contributed by atoms with E-state index in [1.54, 1.807) is 0 Å². The topological polar surface area (TPSA) is 101 Å². The second-order valence-corrected chi connectivity index (χ2v) is 7.36. The number of carbonyl (C=O) groups is 1. The number of hydrogen-bond acceptors (Lipinski definition) is 4. The van der Waals surface area contributed by atoms with E-state index in [0.29, 0.717) is 4.47 Å². The fraction of sp³-hybridized carbons (Fsp3) is 0.308. The molecule has 0 fully saturated rings. The van der Waals surface area contributed by atoms with Crippen LogP contribution >= 0.6 is 15.9 Å². The highest BCUT2D eigenvalue weighted by molar-refractivity contribution is 9.10. The Morgan fingerprint density at radius 3 is 2.76 bits per heavy atom. The third-order valence-electron chi connectivity index (χ3n) is 3.11. The van der Waals surface area contributed by atoms with Crippen molar-refractivity contribution in [3.8, 4) is 0 Å². The van der Waals surface area contributed by atoms with Gasteiger partial charge in [0.2, 0.25) is 15.9 Å². The quantitative estimate of drug-likeness (QED) is 0.662. The van der Waals surface area contributed by atoms with Crippen molar-refractivity contribution >= 4 is 31.9 Å². The van der Waals surface area contributed by atoms with Gasteiger partial charge in [-0.1, -0.05) is 27.6 Å². The number of nitrogens with two attached hydrogens (primary N) is 1. The third kappa shape index (κ3) is 4.37. The molecular formula is C13H16BrN3O3S. The smallest absolute Gasteiger partial charge is 0.248 e. The van der Waals surface area contributed by atoms with Gasteiger partial charge in [-0.25, -0.2) is 13.1 Å². The summed E-state index contributed by atoms with van der Waals surface area (Å²) in [5.41, 5.74) is 6.38. The Kier molecular flexibility index (Phi) is 5.15. The summed E-state index contributed by atoms with van der Waals surface area (Å²) in [7, 11) is -3.69. The molecule has 0 saturated carbocycles. The molecule has 1 aliphatic rings. The van der Waals surface area contributed by atoms with Crippen LogP contribution in [0, 0.1) is 0 Å². The molecule has 0 saturated heterocycles. The molecule has 6 nitrogen and oxygen atoms in total. The van der Waals surface area contributed by atoms with E-state index in [1.807, 2.05) is 6.08 Å². The average Bonchev–Trinajstić information content (AvgIpc) is 2.45. The third-order valence-corrected chi connectivity index (χ3v) is 4.95. The number of carbonyl (C=O) groups excluding carboxylic acids is 1. The molecule has 1 heterocycles. The molecular weight excluding hydrogens is 358 g/mol. The second kappa shape index (κ2) is 6.69. The lowest BCUT2D eigenvalue weighted by atomic mass is 10.1. The first-order valence-electron chi connectivity index (χ1n) is 6.37. The summed E-state index contributed by atoms with van der Waals surface area (Å²) in [6, 6.07) is 4.19. The molecule has 0 radical (unpaired) electrons. The van der Waals surface area contributed by atoms with Gasteiger partial charge in [-0.15, -0.1) is 0 Å². The Labute approximate surface area is 132 Å². The first-order chi connectivity index (χ1) is 9.88. The second-order valence-electron chi connectivity index (χ2n) is 4.68. The van der Waals surface area contributed by atoms with Gasteiger partial charge < -0.3 is 11.1 Å². The molecule has 1 aromatic carbocycles. The van der Waals surface area contributed by atoms with Crippen LogP contribution in [0.2, 0.25) is 0 Å². The number of nitrogens with one attached hydrogen (secondary N) is 2. The Bertz CT molecular complexity index is 686. The number of rotatable bonds is 5. The van der Waals surface area contributed by atoms with Gasteiger partial charge in [-0.05, 0) is 31.2 Å². The van der Waals surface area contributed by atoms with Gasteiger partial charge in [0.05, 0.1) is 4.90 Å². The van der Waals surface area contributed by atoms with Gasteiger partial charge in [-0.3, -0.25) is 4.79 Å². The number of primary amides is 1. The lowest BCUT2D eigenvalue weighted by Gasteiger charge is -2.15. The monoisotopic (exact) mass is 373 g/mol. The van der Waals surface area contributed by atoms with Gasteiger partial charge in [0.15, 0.2) is 0 Å². The Morgan fingerprint density at radius 2 is 2.14 bits per heavy atom. The maximum absolute atomic E-state index is 12.3. The number of hydrogen-bond donors (Lipinski definition) is 3. The molecule has 21 heavy (non-hydrogen) atoms. The van der Waals surface area contributed by atoms with Crippen molar-refractivity contribution in [2.45, 2.75) is 11.3 Å². The molecule has 1 amide bonds. The van der Waals surface area contributed by atoms with Crippen molar-refractivity contribution in [1.29, 1.82) is 0 Å². The highest BCUT2D eigenvalue weighted by atomic mass is 79.9. The van der Waals surface area contributed by atoms with Gasteiger partial charge in [0, 0.05) is 23.1 Å². The van der Waals surface area contributed by atoms with E-state index in [9.17, 15) is 13.2 Å². The molecule has 114 valence electrons. The Morgan fingerprint density at radius 1 is 1.38 bits per heavy atom. The van der Waals surface area contributed by atoms with Crippen LogP contribution in [0.5, 0.6) is 0 Å². The zero-order chi connectivity index (χ0) is 15.5. The van der Waals surface area contributed by atoms with Crippen LogP contribution in [0.1, 0.15) is 16.8 Å². The average molecular weight is 374 g/mol. The van der Waals surface area contributed by atoms with Crippen LogP contribution in [0.4, 0.5) is 0 Å². The molecule has 2 rings (SSSR count). The highest BCUT2D eigenvalue weighted by Gasteiger charge is 2.17. The van der Waals surface area contributed by atoms with Crippen LogP contribution in [0.3, 0.4) is 0 Å². The largest absolute Gasteiger partial charge is 0.366 e. The van der Waals surface area contributed by atoms with E-state index in [0.717, 1.165) is 25.1 Å². The van der Waals surface area contributed by atoms with E-state index >= 15 is 0 Å². The molecule has 0 aliphatic carbocycles. The number of benzene rings is 1. The maximum atomic E-state index is 12.3. The summed E-state index contributed by atoms with van der Waals surface area (Å²) < 4.78 is 27.6. The molecule has 4 N–H and O–H groups in total. The van der Waals surface area contributed by atoms with E-state index < -0.39 is 15.9 Å². The van der Waals surface area contributed by atoms with Gasteiger partial charge >= 0.3 is 0 Å². The normalized spacial score (nSPS) is 15.6. The van der Waals surface area contributed by atoms with Crippen LogP contribution in [0.25, 0.3) is 0 Å². The molecule has 8 heteroatoms. The minimum Gasteiger partial charge on any atom is -0.366 e. The predicted octanol–water partition coefficient (Wildman–Crippen LogP) is 0.746. The van der Waals surface area contributed by atoms with Crippen LogP contribution in [0.15, 0.2) is 39.2 Å². The molecule has 0 spiro atoms. The number of amides is 1. The van der Waals surface area contributed by atoms with Gasteiger partial charge in [0.1, 0.15) is 0 Å². The molecule has 1 aliphatic heterocycles. The van der Waals surface area contributed by atoms with Crippen LogP contribution in [-0.4, -0.2) is 34.0 Å². The molecule has 0 aromatic heterocycles. The first kappa shape index (κ1) is 16.2. The SMILES string of the molecule is NC(=O)c1cc(Br)cc(S(=O)(=O)NCC2=CCNCC2)c1. The van der Waals surface area contributed by atoms with E-state index in [4.69, 9.17) is 5.73 Å². The van der Waals surface area contributed by atoms with Crippen molar-refractivity contribution < 1.29 is 13.2 Å². The Balaban J connectivity index is 2.19. The molecule has 0 bridgehead atoms. The zero-order valence-corrected chi connectivity index (χ0v) is 13.6. The lowest BCUT2D eigenvalue weighted by molar-refractivity contribution is 0.1000. The van der Waals surface area contributed by atoms with E-state index in [2.05, 4.69) is 26.0 Å². The van der Waals surface area contributed by atoms with Crippen LogP contribution in [-0.2, 0) is 10.0 Å². The van der Waals surface area contributed by atoms with E-state index in [1.165, 1.54) is 18.2 Å². The summed E-state index contributed by atoms with van der Waals surface area (Å²) >= 11 is 3.18. The highest BCUT2D eigenvalue weighted by Crippen LogP contribution is 2.19. The predicted molar refractivity (Wildman–Crippen MR) is 83.4 cm³/mol. The summed E-state index contributed by atoms with van der Waals surface area (Å²) in [6.07, 6.45) is 2.79. The summed E-state index contributed by atoms with van der Waals surface area (Å²) in [6.45, 7) is 1.86. The van der Waals surface area contributed by atoms with Crippen molar-refractivity contribution in [3.63, 3.8) is 0 Å². The summed E-state index contributed by atoms with van der Waals surface area (Å²) in [5.74, 6) is -0.672. The Hall–Kier alpha value is -1.22. The molecule has 0 atom stereocenters. The standard InChI is InChI=1S/C13H16BrN3O3S/c14-11-5-10(13(15)18)6-12(7-11)21(19,20)17-8-9-1-3-16-4-2-9/h1,5-7,16-17H,2-4,8H2,(H2,15,18). The van der Waals surface area contributed by atoms with E-state index in [-0.39, 0.29) is 17.0 Å².